The third kappa shape index (κ3) is 18.0. The molecule has 19 heavy (non-hydrogen) atoms. The predicted molar refractivity (Wildman–Crippen MR) is 75.8 cm³/mol. The highest BCUT2D eigenvalue weighted by Gasteiger charge is 1.93. The summed E-state index contributed by atoms with van der Waals surface area (Å²) < 4.78 is 26.6. The fraction of sp³-hybridized carbons (Fsp3) is 1.00. The Hall–Kier alpha value is 0.0169. The molecule has 0 fully saturated rings. The topological polar surface area (TPSA) is 46.2 Å². The number of hydrogen-bond donors (Lipinski definition) is 0. The summed E-state index contributed by atoms with van der Waals surface area (Å²) in [5, 5.41) is 0. The average Bonchev–Trinajstić information content (AvgIpc) is 2.43. The lowest BCUT2D eigenvalue weighted by Crippen LogP contribution is -2.13. The highest BCUT2D eigenvalue weighted by atomic mass is 28.2. The minimum absolute atomic E-state index is 0.588. The molecule has 0 aliphatic heterocycles. The van der Waals surface area contributed by atoms with Crippen LogP contribution in [0.4, 0.5) is 0 Å². The third-order valence-electron chi connectivity index (χ3n) is 2.04. The summed E-state index contributed by atoms with van der Waals surface area (Å²) in [6.07, 6.45) is 1.05. The van der Waals surface area contributed by atoms with Crippen LogP contribution in [0.25, 0.3) is 0 Å². The molecule has 0 aromatic rings. The summed E-state index contributed by atoms with van der Waals surface area (Å²) in [7, 11) is 0.588. The molecule has 0 saturated carbocycles. The first-order chi connectivity index (χ1) is 9.41. The lowest BCUT2D eigenvalue weighted by Gasteiger charge is -2.07. The maximum Gasteiger partial charge on any atom is 0.229 e. The van der Waals surface area contributed by atoms with E-state index < -0.39 is 0 Å². The van der Waals surface area contributed by atoms with Gasteiger partial charge in [-0.15, -0.1) is 0 Å². The van der Waals surface area contributed by atoms with E-state index in [1.165, 1.54) is 0 Å². The molecule has 0 saturated heterocycles. The van der Waals surface area contributed by atoms with E-state index in [2.05, 4.69) is 13.8 Å². The van der Waals surface area contributed by atoms with Crippen LogP contribution in [0.3, 0.4) is 0 Å². The summed E-state index contributed by atoms with van der Waals surface area (Å²) in [4.78, 5) is 0. The summed E-state index contributed by atoms with van der Waals surface area (Å²) in [5.74, 6) is 0. The van der Waals surface area contributed by atoms with Crippen LogP contribution in [-0.4, -0.2) is 69.2 Å². The first kappa shape index (κ1) is 19.0. The van der Waals surface area contributed by atoms with E-state index in [0.717, 1.165) is 19.1 Å². The average molecular weight is 292 g/mol. The SMILES string of the molecule is CCCOCCOCCOCCOCCO[Si]CC. The Morgan fingerprint density at radius 2 is 1.00 bits per heavy atom. The van der Waals surface area contributed by atoms with Crippen LogP contribution in [0.1, 0.15) is 20.3 Å². The fourth-order valence-corrected chi connectivity index (χ4v) is 1.61. The van der Waals surface area contributed by atoms with Crippen molar-refractivity contribution in [2.75, 3.05) is 59.5 Å². The van der Waals surface area contributed by atoms with Gasteiger partial charge in [-0.1, -0.05) is 13.8 Å². The molecule has 0 heterocycles. The van der Waals surface area contributed by atoms with Crippen LogP contribution in [0, 0.1) is 0 Å². The standard InChI is InChI=1S/C13H28O5Si/c1-3-5-14-6-7-15-8-9-16-10-11-17-12-13-18-19-4-2/h3-13H2,1-2H3. The quantitative estimate of drug-likeness (QED) is 0.319. The summed E-state index contributed by atoms with van der Waals surface area (Å²) in [5.41, 5.74) is 0. The van der Waals surface area contributed by atoms with Crippen LogP contribution in [-0.2, 0) is 23.4 Å². The van der Waals surface area contributed by atoms with Crippen molar-refractivity contribution in [1.82, 2.24) is 0 Å². The Balaban J connectivity index is 2.88. The molecule has 0 aromatic heterocycles. The molecule has 0 aromatic carbocycles. The molecule has 0 spiro atoms. The van der Waals surface area contributed by atoms with Crippen molar-refractivity contribution in [2.45, 2.75) is 26.3 Å². The molecule has 2 radical (unpaired) electrons. The van der Waals surface area contributed by atoms with Gasteiger partial charge in [0.05, 0.1) is 52.9 Å². The van der Waals surface area contributed by atoms with E-state index in [9.17, 15) is 0 Å². The number of hydrogen-bond acceptors (Lipinski definition) is 5. The summed E-state index contributed by atoms with van der Waals surface area (Å²) in [6.45, 7) is 10.0. The molecular formula is C13H28O5Si. The maximum absolute atomic E-state index is 5.36. The van der Waals surface area contributed by atoms with Gasteiger partial charge in [-0.3, -0.25) is 0 Å². The minimum Gasteiger partial charge on any atom is -0.415 e. The Morgan fingerprint density at radius 3 is 1.42 bits per heavy atom. The molecule has 0 aliphatic rings. The van der Waals surface area contributed by atoms with Crippen molar-refractivity contribution >= 4 is 9.76 Å². The van der Waals surface area contributed by atoms with Crippen molar-refractivity contribution in [3.8, 4) is 0 Å². The molecule has 5 nitrogen and oxygen atoms in total. The van der Waals surface area contributed by atoms with Gasteiger partial charge in [0.25, 0.3) is 0 Å². The smallest absolute Gasteiger partial charge is 0.229 e. The Labute approximate surface area is 119 Å². The van der Waals surface area contributed by atoms with Gasteiger partial charge in [0.2, 0.25) is 9.76 Å². The fourth-order valence-electron chi connectivity index (χ4n) is 1.18. The van der Waals surface area contributed by atoms with Crippen molar-refractivity contribution in [3.05, 3.63) is 0 Å². The molecule has 6 heteroatoms. The second-order valence-electron chi connectivity index (χ2n) is 3.80. The zero-order chi connectivity index (χ0) is 14.0. The lowest BCUT2D eigenvalue weighted by molar-refractivity contribution is -0.00443. The first-order valence-electron chi connectivity index (χ1n) is 7.07. The van der Waals surface area contributed by atoms with E-state index in [4.69, 9.17) is 23.4 Å². The van der Waals surface area contributed by atoms with Gasteiger partial charge in [-0.05, 0) is 12.5 Å². The van der Waals surface area contributed by atoms with Crippen molar-refractivity contribution in [3.63, 3.8) is 0 Å². The van der Waals surface area contributed by atoms with E-state index >= 15 is 0 Å². The zero-order valence-electron chi connectivity index (χ0n) is 12.3. The van der Waals surface area contributed by atoms with Crippen LogP contribution >= 0.6 is 0 Å². The normalized spacial score (nSPS) is 11.1. The summed E-state index contributed by atoms with van der Waals surface area (Å²) >= 11 is 0. The zero-order valence-corrected chi connectivity index (χ0v) is 13.3. The molecule has 0 rings (SSSR count). The van der Waals surface area contributed by atoms with Gasteiger partial charge in [0.1, 0.15) is 0 Å². The van der Waals surface area contributed by atoms with Crippen molar-refractivity contribution < 1.29 is 23.4 Å². The van der Waals surface area contributed by atoms with Gasteiger partial charge < -0.3 is 23.4 Å². The molecule has 0 bridgehead atoms. The van der Waals surface area contributed by atoms with Gasteiger partial charge >= 0.3 is 0 Å². The lowest BCUT2D eigenvalue weighted by atomic mass is 10.5. The maximum atomic E-state index is 5.36. The second kappa shape index (κ2) is 18.0. The second-order valence-corrected chi connectivity index (χ2v) is 5.08. The molecule has 114 valence electrons. The van der Waals surface area contributed by atoms with E-state index in [1.807, 2.05) is 0 Å². The van der Waals surface area contributed by atoms with Crippen molar-refractivity contribution in [1.29, 1.82) is 0 Å². The summed E-state index contributed by atoms with van der Waals surface area (Å²) in [6, 6.07) is 1.08. The van der Waals surface area contributed by atoms with Gasteiger partial charge in [-0.2, -0.15) is 0 Å². The number of rotatable bonds is 16. The van der Waals surface area contributed by atoms with E-state index in [-0.39, 0.29) is 0 Å². The van der Waals surface area contributed by atoms with Crippen molar-refractivity contribution in [2.24, 2.45) is 0 Å². The molecule has 0 unspecified atom stereocenters. The molecule has 0 aliphatic carbocycles. The Kier molecular flexibility index (Phi) is 18.0. The van der Waals surface area contributed by atoms with Gasteiger partial charge in [0.15, 0.2) is 0 Å². The molecule has 0 amide bonds. The van der Waals surface area contributed by atoms with E-state index in [1.54, 1.807) is 0 Å². The highest BCUT2D eigenvalue weighted by Crippen LogP contribution is 1.84. The van der Waals surface area contributed by atoms with Crippen LogP contribution in [0.2, 0.25) is 6.04 Å². The first-order valence-corrected chi connectivity index (χ1v) is 8.19. The Bertz CT molecular complexity index is 144. The Morgan fingerprint density at radius 1 is 0.579 bits per heavy atom. The van der Waals surface area contributed by atoms with Gasteiger partial charge in [0, 0.05) is 6.61 Å². The highest BCUT2D eigenvalue weighted by molar-refractivity contribution is 6.26. The molecule has 0 N–H and O–H groups in total. The largest absolute Gasteiger partial charge is 0.415 e. The van der Waals surface area contributed by atoms with Gasteiger partial charge in [-0.25, -0.2) is 0 Å². The predicted octanol–water partition coefficient (Wildman–Crippen LogP) is 1.54. The number of ether oxygens (including phenoxy) is 4. The molecular weight excluding hydrogens is 264 g/mol. The minimum atomic E-state index is 0.588. The third-order valence-corrected chi connectivity index (χ3v) is 2.74. The van der Waals surface area contributed by atoms with Crippen LogP contribution in [0.15, 0.2) is 0 Å². The van der Waals surface area contributed by atoms with Crippen LogP contribution < -0.4 is 0 Å². The van der Waals surface area contributed by atoms with Crippen LogP contribution in [0.5, 0.6) is 0 Å². The monoisotopic (exact) mass is 292 g/mol. The van der Waals surface area contributed by atoms with E-state index in [0.29, 0.717) is 62.6 Å². The molecule has 0 atom stereocenters.